The quantitative estimate of drug-likeness (QED) is 0.362. The highest BCUT2D eigenvalue weighted by molar-refractivity contribution is 7.91. The molecule has 2 aromatic heterocycles. The lowest BCUT2D eigenvalue weighted by Crippen LogP contribution is -2.10. The number of hydrogen-bond donors (Lipinski definition) is 0. The van der Waals surface area contributed by atoms with E-state index >= 15 is 0 Å². The summed E-state index contributed by atoms with van der Waals surface area (Å²) in [6.45, 7) is 0. The fourth-order valence-electron chi connectivity index (χ4n) is 2.90. The number of pyridine rings is 1. The van der Waals surface area contributed by atoms with E-state index in [0.717, 1.165) is 0 Å². The van der Waals surface area contributed by atoms with Crippen LogP contribution in [0.3, 0.4) is 0 Å². The standard InChI is InChI=1S/C18H13N5O5S/c1-28-13-3-5-14(6-4-13)29(26,27)17-9-20-16-7-2-12(23(24)25)8-15(16)18(17)22-11-19-10-21-22/h2-11H,1H3. The summed E-state index contributed by atoms with van der Waals surface area (Å²) in [6.07, 6.45) is 3.78. The van der Waals surface area contributed by atoms with E-state index in [4.69, 9.17) is 4.74 Å². The number of fused-ring (bicyclic) bond motifs is 1. The molecule has 0 aliphatic carbocycles. The van der Waals surface area contributed by atoms with E-state index < -0.39 is 14.8 Å². The van der Waals surface area contributed by atoms with Crippen molar-refractivity contribution in [3.8, 4) is 11.4 Å². The lowest BCUT2D eigenvalue weighted by Gasteiger charge is -2.13. The molecule has 0 radical (unpaired) electrons. The van der Waals surface area contributed by atoms with E-state index in [2.05, 4.69) is 15.1 Å². The first-order chi connectivity index (χ1) is 13.9. The van der Waals surface area contributed by atoms with Crippen molar-refractivity contribution in [3.63, 3.8) is 0 Å². The van der Waals surface area contributed by atoms with E-state index in [1.807, 2.05) is 0 Å². The first-order valence-corrected chi connectivity index (χ1v) is 9.71. The normalized spacial score (nSPS) is 11.5. The average Bonchev–Trinajstić information content (AvgIpc) is 3.26. The summed E-state index contributed by atoms with van der Waals surface area (Å²) in [5.41, 5.74) is 0.321. The number of ether oxygens (including phenoxy) is 1. The molecule has 2 heterocycles. The van der Waals surface area contributed by atoms with Crippen molar-refractivity contribution in [1.82, 2.24) is 19.7 Å². The zero-order valence-corrected chi connectivity index (χ0v) is 15.8. The number of nitro groups is 1. The first kappa shape index (κ1) is 18.5. The Morgan fingerprint density at radius 3 is 2.52 bits per heavy atom. The zero-order chi connectivity index (χ0) is 20.6. The molecule has 0 spiro atoms. The van der Waals surface area contributed by atoms with Crippen LogP contribution in [-0.4, -0.2) is 40.2 Å². The van der Waals surface area contributed by atoms with Crippen LogP contribution in [0.2, 0.25) is 0 Å². The minimum atomic E-state index is -4.02. The predicted molar refractivity (Wildman–Crippen MR) is 102 cm³/mol. The molecule has 11 heteroatoms. The molecule has 0 N–H and O–H groups in total. The summed E-state index contributed by atoms with van der Waals surface area (Å²) >= 11 is 0. The molecule has 0 saturated heterocycles. The van der Waals surface area contributed by atoms with Gasteiger partial charge in [0.15, 0.2) is 0 Å². The van der Waals surface area contributed by atoms with Crippen LogP contribution in [0, 0.1) is 10.1 Å². The van der Waals surface area contributed by atoms with Gasteiger partial charge in [0.25, 0.3) is 5.69 Å². The number of nitrogens with zero attached hydrogens (tertiary/aromatic N) is 5. The average molecular weight is 411 g/mol. The molecule has 0 unspecified atom stereocenters. The number of benzene rings is 2. The van der Waals surface area contributed by atoms with Gasteiger partial charge in [0.1, 0.15) is 23.3 Å². The maximum Gasteiger partial charge on any atom is 0.270 e. The molecule has 0 aliphatic heterocycles. The molecule has 0 bridgehead atoms. The molecule has 29 heavy (non-hydrogen) atoms. The number of methoxy groups -OCH3 is 1. The Kier molecular flexibility index (Phi) is 4.43. The zero-order valence-electron chi connectivity index (χ0n) is 15.0. The Bertz CT molecular complexity index is 1320. The number of rotatable bonds is 5. The SMILES string of the molecule is COc1ccc(S(=O)(=O)c2cnc3ccc([N+](=O)[O-])cc3c2-n2cncn2)cc1. The molecule has 0 aliphatic rings. The molecular formula is C18H13N5O5S. The van der Waals surface area contributed by atoms with E-state index in [1.54, 1.807) is 0 Å². The van der Waals surface area contributed by atoms with E-state index in [0.29, 0.717) is 11.3 Å². The number of nitro benzene ring substituents is 1. The van der Waals surface area contributed by atoms with Crippen molar-refractivity contribution in [2.75, 3.05) is 7.11 Å². The third kappa shape index (κ3) is 3.17. The molecule has 0 atom stereocenters. The molecule has 4 aromatic rings. The summed E-state index contributed by atoms with van der Waals surface area (Å²) in [6, 6.07) is 9.92. The highest BCUT2D eigenvalue weighted by Crippen LogP contribution is 2.33. The summed E-state index contributed by atoms with van der Waals surface area (Å²) in [7, 11) is -2.54. The third-order valence-corrected chi connectivity index (χ3v) is 6.08. The Hall–Kier alpha value is -3.86. The van der Waals surface area contributed by atoms with Crippen LogP contribution in [0.25, 0.3) is 16.6 Å². The summed E-state index contributed by atoms with van der Waals surface area (Å²) < 4.78 is 33.0. The Balaban J connectivity index is 2.03. The van der Waals surface area contributed by atoms with Gasteiger partial charge in [-0.1, -0.05) is 0 Å². The molecule has 4 rings (SSSR count). The lowest BCUT2D eigenvalue weighted by molar-refractivity contribution is -0.384. The minimum absolute atomic E-state index is 0.0197. The van der Waals surface area contributed by atoms with Gasteiger partial charge in [-0.2, -0.15) is 5.10 Å². The molecule has 10 nitrogen and oxygen atoms in total. The van der Waals surface area contributed by atoms with Crippen LogP contribution in [-0.2, 0) is 9.84 Å². The van der Waals surface area contributed by atoms with E-state index in [1.165, 1.54) is 73.1 Å². The van der Waals surface area contributed by atoms with Crippen LogP contribution in [0.1, 0.15) is 0 Å². The molecule has 0 amide bonds. The summed E-state index contributed by atoms with van der Waals surface area (Å²) in [5, 5.41) is 15.5. The van der Waals surface area contributed by atoms with Gasteiger partial charge in [-0.05, 0) is 30.3 Å². The van der Waals surface area contributed by atoms with Crippen molar-refractivity contribution in [2.45, 2.75) is 9.79 Å². The van der Waals surface area contributed by atoms with Gasteiger partial charge in [0, 0.05) is 23.7 Å². The summed E-state index contributed by atoms with van der Waals surface area (Å²) in [4.78, 5) is 18.6. The fourth-order valence-corrected chi connectivity index (χ4v) is 4.30. The summed E-state index contributed by atoms with van der Waals surface area (Å²) in [5.74, 6) is 0.507. The number of non-ortho nitro benzene ring substituents is 1. The number of aromatic nitrogens is 4. The maximum absolute atomic E-state index is 13.3. The minimum Gasteiger partial charge on any atom is -0.497 e. The van der Waals surface area contributed by atoms with Gasteiger partial charge in [-0.25, -0.2) is 18.1 Å². The van der Waals surface area contributed by atoms with Crippen molar-refractivity contribution in [3.05, 3.63) is 71.4 Å². The van der Waals surface area contributed by atoms with Crippen molar-refractivity contribution in [2.24, 2.45) is 0 Å². The smallest absolute Gasteiger partial charge is 0.270 e. The highest BCUT2D eigenvalue weighted by atomic mass is 32.2. The molecule has 2 aromatic carbocycles. The Morgan fingerprint density at radius 1 is 1.14 bits per heavy atom. The van der Waals surface area contributed by atoms with E-state index in [-0.39, 0.29) is 26.6 Å². The molecular weight excluding hydrogens is 398 g/mol. The Labute approximate surface area is 164 Å². The van der Waals surface area contributed by atoms with Gasteiger partial charge >= 0.3 is 0 Å². The topological polar surface area (TPSA) is 130 Å². The van der Waals surface area contributed by atoms with Crippen molar-refractivity contribution >= 4 is 26.4 Å². The van der Waals surface area contributed by atoms with Crippen molar-refractivity contribution in [1.29, 1.82) is 0 Å². The molecule has 146 valence electrons. The maximum atomic E-state index is 13.3. The highest BCUT2D eigenvalue weighted by Gasteiger charge is 2.26. The van der Waals surface area contributed by atoms with Gasteiger partial charge in [0.05, 0.1) is 28.1 Å². The second-order valence-corrected chi connectivity index (χ2v) is 7.87. The first-order valence-electron chi connectivity index (χ1n) is 8.23. The van der Waals surface area contributed by atoms with Crippen molar-refractivity contribution < 1.29 is 18.1 Å². The van der Waals surface area contributed by atoms with Gasteiger partial charge in [0.2, 0.25) is 9.84 Å². The number of hydrogen-bond acceptors (Lipinski definition) is 8. The van der Waals surface area contributed by atoms with Crippen LogP contribution in [0.15, 0.2) is 71.1 Å². The third-order valence-electron chi connectivity index (χ3n) is 4.31. The predicted octanol–water partition coefficient (Wildman–Crippen LogP) is 2.57. The van der Waals surface area contributed by atoms with E-state index in [9.17, 15) is 18.5 Å². The van der Waals surface area contributed by atoms with Gasteiger partial charge in [-0.15, -0.1) is 0 Å². The lowest BCUT2D eigenvalue weighted by atomic mass is 10.1. The fraction of sp³-hybridized carbons (Fsp3) is 0.0556. The van der Waals surface area contributed by atoms with Gasteiger partial charge in [-0.3, -0.25) is 15.1 Å². The second kappa shape index (κ2) is 6.95. The molecule has 0 saturated carbocycles. The Morgan fingerprint density at radius 2 is 1.90 bits per heavy atom. The monoisotopic (exact) mass is 411 g/mol. The largest absolute Gasteiger partial charge is 0.497 e. The number of sulfone groups is 1. The van der Waals surface area contributed by atoms with Crippen LogP contribution in [0.4, 0.5) is 5.69 Å². The van der Waals surface area contributed by atoms with Gasteiger partial charge < -0.3 is 4.74 Å². The van der Waals surface area contributed by atoms with Crippen LogP contribution in [0.5, 0.6) is 5.75 Å². The second-order valence-electron chi connectivity index (χ2n) is 5.95. The molecule has 0 fully saturated rings. The van der Waals surface area contributed by atoms with Crippen LogP contribution >= 0.6 is 0 Å². The van der Waals surface area contributed by atoms with Crippen LogP contribution < -0.4 is 4.74 Å².